The van der Waals surface area contributed by atoms with E-state index in [0.29, 0.717) is 28.1 Å². The Hall–Kier alpha value is -2.08. The maximum absolute atomic E-state index is 13.2. The van der Waals surface area contributed by atoms with Crippen molar-refractivity contribution in [2.75, 3.05) is 39.3 Å². The van der Waals surface area contributed by atoms with Gasteiger partial charge in [0.25, 0.3) is 5.91 Å². The Kier molecular flexibility index (Phi) is 8.43. The van der Waals surface area contributed by atoms with E-state index >= 15 is 0 Å². The number of rotatable bonds is 6. The predicted molar refractivity (Wildman–Crippen MR) is 150 cm³/mol. The van der Waals surface area contributed by atoms with Crippen LogP contribution in [0.1, 0.15) is 61.4 Å². The second kappa shape index (κ2) is 11.8. The zero-order chi connectivity index (χ0) is 25.9. The minimum atomic E-state index is -0.0488. The Balaban J connectivity index is 1.25. The lowest BCUT2D eigenvalue weighted by molar-refractivity contribution is -0.133. The third-order valence-corrected chi connectivity index (χ3v) is 9.20. The van der Waals surface area contributed by atoms with Crippen molar-refractivity contribution in [3.05, 3.63) is 57.6 Å². The van der Waals surface area contributed by atoms with Crippen LogP contribution in [0.15, 0.2) is 36.4 Å². The molecule has 3 fully saturated rings. The molecule has 2 amide bonds. The zero-order valence-electron chi connectivity index (χ0n) is 21.7. The largest absolute Gasteiger partial charge is 0.339 e. The van der Waals surface area contributed by atoms with Gasteiger partial charge in [-0.25, -0.2) is 0 Å². The number of likely N-dealkylation sites (tertiary alicyclic amines) is 1. The Morgan fingerprint density at radius 2 is 1.51 bits per heavy atom. The fourth-order valence-corrected chi connectivity index (χ4v) is 6.82. The SMILES string of the molecule is CCN1CCN(C(=O)c2ccc(-c3cc(Cl)c(CC4CCN(C5CCCCC5)C4=O)c(Cl)c3)cc2)CC1. The first-order chi connectivity index (χ1) is 17.9. The van der Waals surface area contributed by atoms with E-state index in [2.05, 4.69) is 16.7 Å². The number of likely N-dealkylation sites (N-methyl/N-ethyl adjacent to an activating group) is 1. The number of hydrogen-bond donors (Lipinski definition) is 0. The van der Waals surface area contributed by atoms with Crippen LogP contribution in [-0.4, -0.2) is 71.8 Å². The van der Waals surface area contributed by atoms with Crippen LogP contribution in [0.2, 0.25) is 10.0 Å². The summed E-state index contributed by atoms with van der Waals surface area (Å²) < 4.78 is 0. The lowest BCUT2D eigenvalue weighted by Crippen LogP contribution is -2.48. The van der Waals surface area contributed by atoms with Crippen molar-refractivity contribution in [1.82, 2.24) is 14.7 Å². The molecule has 0 aromatic heterocycles. The molecule has 37 heavy (non-hydrogen) atoms. The third kappa shape index (κ3) is 5.84. The first-order valence-corrected chi connectivity index (χ1v) is 14.6. The van der Waals surface area contributed by atoms with Crippen molar-refractivity contribution >= 4 is 35.0 Å². The van der Waals surface area contributed by atoms with E-state index in [-0.39, 0.29) is 17.7 Å². The van der Waals surface area contributed by atoms with Crippen molar-refractivity contribution in [2.24, 2.45) is 5.92 Å². The first-order valence-electron chi connectivity index (χ1n) is 13.8. The van der Waals surface area contributed by atoms with Crippen LogP contribution in [0.3, 0.4) is 0 Å². The van der Waals surface area contributed by atoms with Crippen LogP contribution in [0.4, 0.5) is 0 Å². The number of carbonyl (C=O) groups excluding carboxylic acids is 2. The molecular formula is C30H37Cl2N3O2. The van der Waals surface area contributed by atoms with E-state index in [0.717, 1.165) is 75.2 Å². The van der Waals surface area contributed by atoms with Gasteiger partial charge in [0, 0.05) is 60.3 Å². The summed E-state index contributed by atoms with van der Waals surface area (Å²) in [6.07, 6.45) is 7.45. The van der Waals surface area contributed by atoms with Gasteiger partial charge in [-0.05, 0) is 73.2 Å². The summed E-state index contributed by atoms with van der Waals surface area (Å²) in [5, 5.41) is 1.20. The molecule has 1 unspecified atom stereocenters. The molecule has 0 spiro atoms. The van der Waals surface area contributed by atoms with Crippen molar-refractivity contribution in [3.8, 4) is 11.1 Å². The molecule has 1 aliphatic carbocycles. The van der Waals surface area contributed by atoms with Crippen LogP contribution in [0.25, 0.3) is 11.1 Å². The van der Waals surface area contributed by atoms with Crippen LogP contribution in [0, 0.1) is 5.92 Å². The van der Waals surface area contributed by atoms with Gasteiger partial charge >= 0.3 is 0 Å². The number of hydrogen-bond acceptors (Lipinski definition) is 3. The van der Waals surface area contributed by atoms with Gasteiger partial charge in [0.1, 0.15) is 0 Å². The Morgan fingerprint density at radius 1 is 0.865 bits per heavy atom. The number of amides is 2. The van der Waals surface area contributed by atoms with Crippen molar-refractivity contribution < 1.29 is 9.59 Å². The van der Waals surface area contributed by atoms with Crippen LogP contribution >= 0.6 is 23.2 Å². The highest BCUT2D eigenvalue weighted by Gasteiger charge is 2.36. The summed E-state index contributed by atoms with van der Waals surface area (Å²) in [6.45, 7) is 7.41. The van der Waals surface area contributed by atoms with E-state index in [4.69, 9.17) is 23.2 Å². The molecule has 2 aliphatic heterocycles. The number of nitrogens with zero attached hydrogens (tertiary/aromatic N) is 3. The molecule has 2 aromatic carbocycles. The van der Waals surface area contributed by atoms with E-state index in [1.807, 2.05) is 41.3 Å². The van der Waals surface area contributed by atoms with E-state index in [1.54, 1.807) is 0 Å². The second-order valence-corrected chi connectivity index (χ2v) is 11.5. The summed E-state index contributed by atoms with van der Waals surface area (Å²) in [5.74, 6) is 0.295. The molecule has 0 radical (unpaired) electrons. The Bertz CT molecular complexity index is 1100. The maximum atomic E-state index is 13.2. The highest BCUT2D eigenvalue weighted by Crippen LogP contribution is 2.36. The summed E-state index contributed by atoms with van der Waals surface area (Å²) in [4.78, 5) is 32.5. The van der Waals surface area contributed by atoms with E-state index in [1.165, 1.54) is 19.3 Å². The van der Waals surface area contributed by atoms with Crippen LogP contribution < -0.4 is 0 Å². The average molecular weight is 543 g/mol. The standard InChI is InChI=1S/C30H37Cl2N3O2/c1-2-33-14-16-34(17-15-33)29(36)22-10-8-21(9-11-22)24-19-27(31)26(28(32)20-24)18-23-12-13-35(30(23)37)25-6-4-3-5-7-25/h8-11,19-20,23,25H,2-7,12-18H2,1H3. The molecule has 0 bridgehead atoms. The predicted octanol–water partition coefficient (Wildman–Crippen LogP) is 6.16. The van der Waals surface area contributed by atoms with Gasteiger partial charge in [-0.3, -0.25) is 9.59 Å². The molecule has 7 heteroatoms. The fraction of sp³-hybridized carbons (Fsp3) is 0.533. The molecule has 2 heterocycles. The molecule has 2 saturated heterocycles. The molecule has 1 atom stereocenters. The van der Waals surface area contributed by atoms with Gasteiger partial charge in [0.2, 0.25) is 5.91 Å². The summed E-state index contributed by atoms with van der Waals surface area (Å²) >= 11 is 13.5. The topological polar surface area (TPSA) is 43.9 Å². The Morgan fingerprint density at radius 3 is 2.14 bits per heavy atom. The minimum Gasteiger partial charge on any atom is -0.339 e. The molecule has 3 aliphatic rings. The van der Waals surface area contributed by atoms with Gasteiger partial charge in [-0.2, -0.15) is 0 Å². The van der Waals surface area contributed by atoms with Gasteiger partial charge < -0.3 is 14.7 Å². The summed E-state index contributed by atoms with van der Waals surface area (Å²) in [5.41, 5.74) is 3.43. The normalized spacial score (nSPS) is 21.6. The highest BCUT2D eigenvalue weighted by atomic mass is 35.5. The van der Waals surface area contributed by atoms with Gasteiger partial charge in [-0.15, -0.1) is 0 Å². The molecule has 5 rings (SSSR count). The number of piperazine rings is 1. The van der Waals surface area contributed by atoms with Gasteiger partial charge in [-0.1, -0.05) is 61.5 Å². The second-order valence-electron chi connectivity index (χ2n) is 10.7. The van der Waals surface area contributed by atoms with Gasteiger partial charge in [0.15, 0.2) is 0 Å². The zero-order valence-corrected chi connectivity index (χ0v) is 23.2. The number of benzene rings is 2. The molecule has 2 aromatic rings. The number of halogens is 2. The van der Waals surface area contributed by atoms with Gasteiger partial charge in [0.05, 0.1) is 0 Å². The van der Waals surface area contributed by atoms with Crippen LogP contribution in [0.5, 0.6) is 0 Å². The smallest absolute Gasteiger partial charge is 0.253 e. The quantitative estimate of drug-likeness (QED) is 0.439. The average Bonchev–Trinajstić information content (AvgIpc) is 3.30. The van der Waals surface area contributed by atoms with Crippen molar-refractivity contribution in [2.45, 2.75) is 57.9 Å². The molecule has 1 saturated carbocycles. The van der Waals surface area contributed by atoms with E-state index in [9.17, 15) is 9.59 Å². The number of carbonyl (C=O) groups is 2. The first kappa shape index (κ1) is 26.5. The molecular weight excluding hydrogens is 505 g/mol. The van der Waals surface area contributed by atoms with Crippen LogP contribution in [-0.2, 0) is 11.2 Å². The summed E-state index contributed by atoms with van der Waals surface area (Å²) in [6, 6.07) is 12.0. The molecule has 0 N–H and O–H groups in total. The molecule has 5 nitrogen and oxygen atoms in total. The summed E-state index contributed by atoms with van der Waals surface area (Å²) in [7, 11) is 0. The highest BCUT2D eigenvalue weighted by molar-refractivity contribution is 6.36. The fourth-order valence-electron chi connectivity index (χ4n) is 6.17. The minimum absolute atomic E-state index is 0.0488. The Labute approximate surface area is 230 Å². The monoisotopic (exact) mass is 541 g/mol. The lowest BCUT2D eigenvalue weighted by Gasteiger charge is -2.34. The third-order valence-electron chi connectivity index (χ3n) is 8.53. The van der Waals surface area contributed by atoms with Crippen molar-refractivity contribution in [1.29, 1.82) is 0 Å². The van der Waals surface area contributed by atoms with E-state index < -0.39 is 0 Å². The lowest BCUT2D eigenvalue weighted by atomic mass is 9.93. The van der Waals surface area contributed by atoms with Crippen molar-refractivity contribution in [3.63, 3.8) is 0 Å². The molecule has 198 valence electrons. The maximum Gasteiger partial charge on any atom is 0.253 e.